The monoisotopic (exact) mass is 474 g/mol. The van der Waals surface area contributed by atoms with Crippen LogP contribution in [0.25, 0.3) is 0 Å². The summed E-state index contributed by atoms with van der Waals surface area (Å²) < 4.78 is 0. The number of rotatable bonds is 5. The van der Waals surface area contributed by atoms with Crippen LogP contribution >= 0.6 is 0 Å². The largest absolute Gasteiger partial charge is 0.351 e. The first-order valence-electron chi connectivity index (χ1n) is 10.3. The maximum Gasteiger partial charge on any atom is 0.248 e. The summed E-state index contributed by atoms with van der Waals surface area (Å²) in [6.45, 7) is 2.13. The van der Waals surface area contributed by atoms with Gasteiger partial charge in [-0.25, -0.2) is 29.2 Å². The Bertz CT molecular complexity index is 941. The van der Waals surface area contributed by atoms with Crippen molar-refractivity contribution in [2.45, 2.75) is 31.8 Å². The number of aromatic nitrogens is 1. The molecule has 7 nitrogen and oxygen atoms in total. The first-order valence-corrected chi connectivity index (χ1v) is 10.3. The van der Waals surface area contributed by atoms with Crippen LogP contribution < -0.4 is 10.6 Å². The molecule has 0 spiro atoms. The van der Waals surface area contributed by atoms with Gasteiger partial charge in [-0.2, -0.15) is 30.3 Å². The second-order valence-corrected chi connectivity index (χ2v) is 7.22. The predicted molar refractivity (Wildman–Crippen MR) is 119 cm³/mol. The minimum atomic E-state index is -0.708. The topological polar surface area (TPSA) is 91.4 Å². The van der Waals surface area contributed by atoms with Gasteiger partial charge >= 0.3 is 0 Å². The van der Waals surface area contributed by atoms with E-state index in [-0.39, 0.29) is 34.8 Å². The number of hydrogen-bond donors (Lipinski definition) is 2. The fraction of sp³-hybridized carbons (Fsp3) is 0.250. The molecule has 32 heavy (non-hydrogen) atoms. The summed E-state index contributed by atoms with van der Waals surface area (Å²) in [7, 11) is 0. The Hall–Kier alpha value is -3.22. The molecular formula is C24H26FeN4O3-2. The second-order valence-electron chi connectivity index (χ2n) is 7.22. The Kier molecular flexibility index (Phi) is 9.85. The zero-order valence-corrected chi connectivity index (χ0v) is 18.9. The van der Waals surface area contributed by atoms with Crippen molar-refractivity contribution in [3.63, 3.8) is 0 Å². The van der Waals surface area contributed by atoms with Crippen LogP contribution in [0, 0.1) is 0 Å². The average Bonchev–Trinajstić information content (AvgIpc) is 3.57. The molecular weight excluding hydrogens is 448 g/mol. The second kappa shape index (κ2) is 12.6. The number of carbonyl (C=O) groups is 3. The molecule has 2 heterocycles. The third kappa shape index (κ3) is 6.90. The Morgan fingerprint density at radius 1 is 1.12 bits per heavy atom. The van der Waals surface area contributed by atoms with Crippen molar-refractivity contribution >= 4 is 23.5 Å². The molecule has 1 saturated heterocycles. The van der Waals surface area contributed by atoms with Gasteiger partial charge in [-0.05, 0) is 31.9 Å². The molecule has 8 heteroatoms. The summed E-state index contributed by atoms with van der Waals surface area (Å²) in [6.07, 6.45) is 2.93. The van der Waals surface area contributed by atoms with Gasteiger partial charge in [0.15, 0.2) is 5.91 Å². The molecule has 3 aromatic rings. The van der Waals surface area contributed by atoms with Gasteiger partial charge in [0.1, 0.15) is 17.9 Å². The number of pyridine rings is 1. The quantitative estimate of drug-likeness (QED) is 0.440. The molecule has 2 atom stereocenters. The molecule has 170 valence electrons. The number of amides is 3. The van der Waals surface area contributed by atoms with E-state index < -0.39 is 12.1 Å². The van der Waals surface area contributed by atoms with Gasteiger partial charge in [0, 0.05) is 29.8 Å². The van der Waals surface area contributed by atoms with Crippen LogP contribution in [0.5, 0.6) is 0 Å². The van der Waals surface area contributed by atoms with Crippen molar-refractivity contribution in [3.8, 4) is 0 Å². The van der Waals surface area contributed by atoms with E-state index in [1.165, 1.54) is 4.90 Å². The van der Waals surface area contributed by atoms with Crippen molar-refractivity contribution in [1.82, 2.24) is 15.2 Å². The summed E-state index contributed by atoms with van der Waals surface area (Å²) in [5.41, 5.74) is 0.510. The van der Waals surface area contributed by atoms with E-state index in [4.69, 9.17) is 0 Å². The van der Waals surface area contributed by atoms with E-state index >= 15 is 0 Å². The summed E-state index contributed by atoms with van der Waals surface area (Å²) in [5.74, 6) is -0.369. The fourth-order valence-corrected chi connectivity index (χ4v) is 3.39. The molecule has 1 aliphatic heterocycles. The fourth-order valence-electron chi connectivity index (χ4n) is 3.39. The molecule has 0 bridgehead atoms. The third-order valence-electron chi connectivity index (χ3n) is 4.95. The summed E-state index contributed by atoms with van der Waals surface area (Å²) in [6, 6.07) is 20.9. The van der Waals surface area contributed by atoms with Gasteiger partial charge < -0.3 is 15.5 Å². The smallest absolute Gasteiger partial charge is 0.248 e. The zero-order chi connectivity index (χ0) is 22.1. The number of nitrogens with zero attached hydrogens (tertiary/aromatic N) is 2. The van der Waals surface area contributed by atoms with Crippen molar-refractivity contribution in [1.29, 1.82) is 0 Å². The van der Waals surface area contributed by atoms with Gasteiger partial charge in [0.2, 0.25) is 11.8 Å². The predicted octanol–water partition coefficient (Wildman–Crippen LogP) is 2.95. The van der Waals surface area contributed by atoms with Gasteiger partial charge in [-0.3, -0.25) is 14.4 Å². The molecule has 3 amide bonds. The van der Waals surface area contributed by atoms with E-state index in [1.54, 1.807) is 55.6 Å². The van der Waals surface area contributed by atoms with E-state index in [0.29, 0.717) is 24.3 Å². The van der Waals surface area contributed by atoms with E-state index in [0.717, 1.165) is 6.42 Å². The molecule has 2 N–H and O–H groups in total. The van der Waals surface area contributed by atoms with E-state index in [9.17, 15) is 14.4 Å². The van der Waals surface area contributed by atoms with Crippen molar-refractivity contribution in [2.75, 3.05) is 11.9 Å². The van der Waals surface area contributed by atoms with Crippen LogP contribution in [0.2, 0.25) is 0 Å². The molecule has 0 aliphatic carbocycles. The summed E-state index contributed by atoms with van der Waals surface area (Å²) in [5, 5.41) is 5.43. The van der Waals surface area contributed by atoms with Gasteiger partial charge in [-0.1, -0.05) is 11.6 Å². The Morgan fingerprint density at radius 3 is 2.44 bits per heavy atom. The van der Waals surface area contributed by atoms with Crippen LogP contribution in [-0.2, 0) is 26.7 Å². The van der Waals surface area contributed by atoms with E-state index in [2.05, 4.69) is 15.6 Å². The van der Waals surface area contributed by atoms with Crippen LogP contribution in [0.1, 0.15) is 30.1 Å². The molecule has 4 rings (SSSR count). The SMILES string of the molecule is CC(NC(=O)[c-]1cccc1)C(=O)N1CCCC1C(=O)Nc1ccccn1.[Fe].c1cc[cH-]c1. The number of anilines is 1. The molecule has 1 aliphatic rings. The van der Waals surface area contributed by atoms with Crippen LogP contribution in [-0.4, -0.2) is 46.2 Å². The van der Waals surface area contributed by atoms with Crippen LogP contribution in [0.3, 0.4) is 0 Å². The average molecular weight is 474 g/mol. The number of carbonyl (C=O) groups excluding carboxylic acids is 3. The van der Waals surface area contributed by atoms with Crippen LogP contribution in [0.4, 0.5) is 5.82 Å². The van der Waals surface area contributed by atoms with Crippen LogP contribution in [0.15, 0.2) is 79.0 Å². The normalized spacial score (nSPS) is 15.5. The number of nitrogens with one attached hydrogen (secondary N) is 2. The Balaban J connectivity index is 0.000000534. The third-order valence-corrected chi connectivity index (χ3v) is 4.95. The molecule has 0 radical (unpaired) electrons. The maximum absolute atomic E-state index is 12.7. The Morgan fingerprint density at radius 2 is 1.84 bits per heavy atom. The molecule has 0 saturated carbocycles. The Labute approximate surface area is 198 Å². The standard InChI is InChI=1S/C19H21N4O3.C5H5.Fe/c1-13(21-17(24)14-7-2-3-8-14)19(26)23-12-6-9-15(23)18(25)22-16-10-4-5-11-20-16;1-2-4-5-3-1;/h2-5,7-8,10-11,13,15H,6,9,12H2,1H3,(H,21,24)(H,20,22,25);1-5H;/q2*-1;. The minimum absolute atomic E-state index is 0. The molecule has 1 aromatic heterocycles. The molecule has 2 unspecified atom stereocenters. The van der Waals surface area contributed by atoms with Crippen molar-refractivity contribution in [3.05, 3.63) is 84.6 Å². The maximum atomic E-state index is 12.7. The summed E-state index contributed by atoms with van der Waals surface area (Å²) in [4.78, 5) is 43.0. The number of hydrogen-bond acceptors (Lipinski definition) is 4. The first-order chi connectivity index (χ1) is 15.1. The number of likely N-dealkylation sites (tertiary alicyclic amines) is 1. The van der Waals surface area contributed by atoms with E-state index in [1.807, 2.05) is 30.3 Å². The van der Waals surface area contributed by atoms with Crippen molar-refractivity contribution in [2.24, 2.45) is 0 Å². The minimum Gasteiger partial charge on any atom is -0.351 e. The molecule has 1 fully saturated rings. The first kappa shape index (κ1) is 25.0. The van der Waals surface area contributed by atoms with Gasteiger partial charge in [0.05, 0.1) is 0 Å². The van der Waals surface area contributed by atoms with Gasteiger partial charge in [0.25, 0.3) is 0 Å². The summed E-state index contributed by atoms with van der Waals surface area (Å²) >= 11 is 0. The van der Waals surface area contributed by atoms with Crippen molar-refractivity contribution < 1.29 is 31.5 Å². The van der Waals surface area contributed by atoms with Gasteiger partial charge in [-0.15, -0.1) is 0 Å². The molecule has 2 aromatic carbocycles. The zero-order valence-electron chi connectivity index (χ0n) is 17.8.